The third-order valence-corrected chi connectivity index (χ3v) is 5.12. The predicted octanol–water partition coefficient (Wildman–Crippen LogP) is 1.49. The Hall–Kier alpha value is -1.32. The lowest BCUT2D eigenvalue weighted by Crippen LogP contribution is -2.45. The number of hydrogen-bond acceptors (Lipinski definition) is 8. The van der Waals surface area contributed by atoms with Crippen molar-refractivity contribution in [3.05, 3.63) is 34.1 Å². The minimum Gasteiger partial charge on any atom is -0.364 e. The highest BCUT2D eigenvalue weighted by Crippen LogP contribution is 2.28. The minimum absolute atomic E-state index is 0.256. The van der Waals surface area contributed by atoms with Crippen LogP contribution in [0.1, 0.15) is 21.9 Å². The summed E-state index contributed by atoms with van der Waals surface area (Å²) in [6, 6.07) is 1.93. The van der Waals surface area contributed by atoms with Crippen LogP contribution in [-0.2, 0) is 22.6 Å². The molecule has 0 unspecified atom stereocenters. The Balaban J connectivity index is 1.26. The maximum atomic E-state index is 5.50. The number of hydrogen-bond donors (Lipinski definition) is 0. The van der Waals surface area contributed by atoms with Gasteiger partial charge >= 0.3 is 0 Å². The molecule has 2 aliphatic heterocycles. The number of ether oxygens (including phenoxy) is 2. The molecule has 4 heterocycles. The molecule has 2 aliphatic rings. The summed E-state index contributed by atoms with van der Waals surface area (Å²) in [6.07, 6.45) is 3.32. The van der Waals surface area contributed by atoms with E-state index in [1.165, 1.54) is 4.88 Å². The van der Waals surface area contributed by atoms with Gasteiger partial charge in [-0.2, -0.15) is 0 Å². The number of rotatable bonds is 5. The molecule has 0 N–H and O–H groups in total. The molecule has 4 rings (SSSR count). The Kier molecular flexibility index (Phi) is 4.67. The Bertz CT molecular complexity index is 604. The lowest BCUT2D eigenvalue weighted by molar-refractivity contribution is -0.0442. The molecule has 2 aromatic rings. The van der Waals surface area contributed by atoms with Crippen LogP contribution >= 0.6 is 11.3 Å². The summed E-state index contributed by atoms with van der Waals surface area (Å²) in [6.45, 7) is 7.34. The van der Waals surface area contributed by atoms with Crippen molar-refractivity contribution in [1.29, 1.82) is 0 Å². The average Bonchev–Trinajstić information content (AvgIpc) is 3.31. The van der Waals surface area contributed by atoms with Gasteiger partial charge in [-0.25, -0.2) is 4.98 Å². The van der Waals surface area contributed by atoms with E-state index < -0.39 is 0 Å². The van der Waals surface area contributed by atoms with Crippen LogP contribution in [0.2, 0.25) is 0 Å². The number of nitrogens with zero attached hydrogens (tertiary/aromatic N) is 4. The maximum Gasteiger partial charge on any atom is 0.211 e. The lowest BCUT2D eigenvalue weighted by atomic mass is 10.3. The molecule has 0 radical (unpaired) electrons. The molecule has 0 atom stereocenters. The maximum absolute atomic E-state index is 5.50. The van der Waals surface area contributed by atoms with Crippen molar-refractivity contribution in [2.45, 2.75) is 19.4 Å². The van der Waals surface area contributed by atoms with E-state index in [1.807, 2.05) is 12.3 Å². The molecule has 0 aromatic carbocycles. The van der Waals surface area contributed by atoms with Crippen molar-refractivity contribution >= 4 is 11.3 Å². The summed E-state index contributed by atoms with van der Waals surface area (Å²) in [5.74, 6) is 0. The standard InChI is InChI=1S/C15H20N4O3S/c1-6-22-17-12(1)10-18-2-4-19(5-3-18)11-13-9-16-14(23-13)15-20-7-8-21-15/h1,6,9,15H,2-5,7-8,10-11H2. The van der Waals surface area contributed by atoms with Gasteiger partial charge in [0.25, 0.3) is 0 Å². The zero-order chi connectivity index (χ0) is 15.5. The van der Waals surface area contributed by atoms with Crippen LogP contribution in [0.5, 0.6) is 0 Å². The zero-order valence-corrected chi connectivity index (χ0v) is 13.7. The van der Waals surface area contributed by atoms with E-state index in [0.717, 1.165) is 50.0 Å². The highest BCUT2D eigenvalue weighted by Gasteiger charge is 2.23. The van der Waals surface area contributed by atoms with Crippen molar-refractivity contribution < 1.29 is 14.0 Å². The molecular weight excluding hydrogens is 316 g/mol. The molecule has 2 saturated heterocycles. The quantitative estimate of drug-likeness (QED) is 0.820. The van der Waals surface area contributed by atoms with Crippen molar-refractivity contribution in [3.8, 4) is 0 Å². The van der Waals surface area contributed by atoms with Gasteiger partial charge in [0, 0.05) is 56.4 Å². The van der Waals surface area contributed by atoms with Crippen LogP contribution in [0.15, 0.2) is 23.0 Å². The van der Waals surface area contributed by atoms with Crippen LogP contribution in [0, 0.1) is 0 Å². The minimum atomic E-state index is -0.256. The SMILES string of the molecule is c1cc(CN2CCN(Cc3cnc(C4OCCO4)s3)CC2)no1. The zero-order valence-electron chi connectivity index (χ0n) is 12.9. The first kappa shape index (κ1) is 15.2. The third kappa shape index (κ3) is 3.78. The van der Waals surface area contributed by atoms with Gasteiger partial charge < -0.3 is 14.0 Å². The van der Waals surface area contributed by atoms with E-state index in [9.17, 15) is 0 Å². The average molecular weight is 336 g/mol. The van der Waals surface area contributed by atoms with E-state index in [-0.39, 0.29) is 6.29 Å². The second-order valence-corrected chi connectivity index (χ2v) is 6.93. The lowest BCUT2D eigenvalue weighted by Gasteiger charge is -2.33. The Morgan fingerprint density at radius 3 is 2.52 bits per heavy atom. The van der Waals surface area contributed by atoms with Gasteiger partial charge in [-0.15, -0.1) is 11.3 Å². The summed E-state index contributed by atoms with van der Waals surface area (Å²) < 4.78 is 15.9. The normalized spacial score (nSPS) is 21.2. The second kappa shape index (κ2) is 7.06. The molecular formula is C15H20N4O3S. The summed E-state index contributed by atoms with van der Waals surface area (Å²) in [5.41, 5.74) is 1.00. The monoisotopic (exact) mass is 336 g/mol. The van der Waals surface area contributed by atoms with E-state index in [4.69, 9.17) is 14.0 Å². The van der Waals surface area contributed by atoms with Gasteiger partial charge in [-0.05, 0) is 0 Å². The Labute approximate surface area is 138 Å². The van der Waals surface area contributed by atoms with E-state index in [1.54, 1.807) is 17.6 Å². The van der Waals surface area contributed by atoms with Crippen molar-refractivity contribution in [1.82, 2.24) is 19.9 Å². The first-order chi connectivity index (χ1) is 11.4. The fourth-order valence-electron chi connectivity index (χ4n) is 2.88. The number of aromatic nitrogens is 2. The highest BCUT2D eigenvalue weighted by atomic mass is 32.1. The van der Waals surface area contributed by atoms with Gasteiger partial charge in [0.1, 0.15) is 11.3 Å². The first-order valence-corrected chi connectivity index (χ1v) is 8.70. The summed E-state index contributed by atoms with van der Waals surface area (Å²) in [7, 11) is 0. The van der Waals surface area contributed by atoms with E-state index in [2.05, 4.69) is 19.9 Å². The third-order valence-electron chi connectivity index (χ3n) is 4.12. The fourth-order valence-corrected chi connectivity index (χ4v) is 3.84. The van der Waals surface area contributed by atoms with Gasteiger partial charge in [0.05, 0.1) is 18.9 Å². The van der Waals surface area contributed by atoms with Crippen molar-refractivity contribution in [3.63, 3.8) is 0 Å². The molecule has 0 aliphatic carbocycles. The van der Waals surface area contributed by atoms with Crippen LogP contribution in [0.3, 0.4) is 0 Å². The summed E-state index contributed by atoms with van der Waals surface area (Å²) >= 11 is 1.69. The van der Waals surface area contributed by atoms with Crippen molar-refractivity contribution in [2.75, 3.05) is 39.4 Å². The molecule has 8 heteroatoms. The summed E-state index contributed by atoms with van der Waals surface area (Å²) in [4.78, 5) is 10.6. The Morgan fingerprint density at radius 2 is 1.83 bits per heavy atom. The van der Waals surface area contributed by atoms with Crippen LogP contribution in [0.4, 0.5) is 0 Å². The topological polar surface area (TPSA) is 63.9 Å². The molecule has 0 amide bonds. The molecule has 0 saturated carbocycles. The number of thiazole rings is 1. The predicted molar refractivity (Wildman–Crippen MR) is 83.8 cm³/mol. The van der Waals surface area contributed by atoms with Gasteiger partial charge in [0.2, 0.25) is 6.29 Å². The molecule has 23 heavy (non-hydrogen) atoms. The largest absolute Gasteiger partial charge is 0.364 e. The van der Waals surface area contributed by atoms with Crippen LogP contribution in [0.25, 0.3) is 0 Å². The molecule has 0 spiro atoms. The van der Waals surface area contributed by atoms with Gasteiger partial charge in [-0.1, -0.05) is 5.16 Å². The Morgan fingerprint density at radius 1 is 1.09 bits per heavy atom. The molecule has 7 nitrogen and oxygen atoms in total. The van der Waals surface area contributed by atoms with E-state index in [0.29, 0.717) is 13.2 Å². The molecule has 124 valence electrons. The molecule has 2 aromatic heterocycles. The fraction of sp³-hybridized carbons (Fsp3) is 0.600. The van der Waals surface area contributed by atoms with Crippen molar-refractivity contribution in [2.24, 2.45) is 0 Å². The summed E-state index contributed by atoms with van der Waals surface area (Å²) in [5, 5.41) is 4.91. The van der Waals surface area contributed by atoms with Gasteiger partial charge in [-0.3, -0.25) is 9.80 Å². The smallest absolute Gasteiger partial charge is 0.211 e. The van der Waals surface area contributed by atoms with Crippen LogP contribution in [-0.4, -0.2) is 59.3 Å². The number of piperazine rings is 1. The first-order valence-electron chi connectivity index (χ1n) is 7.88. The van der Waals surface area contributed by atoms with Crippen LogP contribution < -0.4 is 0 Å². The second-order valence-electron chi connectivity index (χ2n) is 5.78. The van der Waals surface area contributed by atoms with E-state index >= 15 is 0 Å². The molecule has 0 bridgehead atoms. The highest BCUT2D eigenvalue weighted by molar-refractivity contribution is 7.11. The van der Waals surface area contributed by atoms with Gasteiger partial charge in [0.15, 0.2) is 0 Å². The molecule has 2 fully saturated rings.